The summed E-state index contributed by atoms with van der Waals surface area (Å²) >= 11 is 3.26. The van der Waals surface area contributed by atoms with Crippen LogP contribution in [0.1, 0.15) is 5.69 Å². The number of nitro benzene ring substituents is 1. The Labute approximate surface area is 187 Å². The Hall–Kier alpha value is -2.38. The van der Waals surface area contributed by atoms with Crippen LogP contribution in [0.25, 0.3) is 9.88 Å². The van der Waals surface area contributed by atoms with Crippen LogP contribution in [0.3, 0.4) is 0 Å². The third-order valence-corrected chi connectivity index (χ3v) is 8.81. The Morgan fingerprint density at radius 2 is 1.97 bits per heavy atom. The molecule has 1 aliphatic heterocycles. The summed E-state index contributed by atoms with van der Waals surface area (Å²) in [6.07, 6.45) is 0. The first kappa shape index (κ1) is 21.8. The number of rotatable bonds is 7. The monoisotopic (exact) mass is 480 g/mol. The lowest BCUT2D eigenvalue weighted by Gasteiger charge is -2.33. The second kappa shape index (κ2) is 9.01. The van der Waals surface area contributed by atoms with Gasteiger partial charge in [0.25, 0.3) is 0 Å². The van der Waals surface area contributed by atoms with Crippen LogP contribution in [0.5, 0.6) is 5.75 Å². The summed E-state index contributed by atoms with van der Waals surface area (Å²) < 4.78 is 32.3. The third-order valence-electron chi connectivity index (χ3n) is 4.99. The Balaban J connectivity index is 1.41. The second-order valence-corrected chi connectivity index (χ2v) is 10.6. The molecule has 31 heavy (non-hydrogen) atoms. The number of nitro groups is 1. The molecule has 0 N–H and O–H groups in total. The maximum atomic E-state index is 13.0. The molecule has 0 aliphatic carbocycles. The predicted molar refractivity (Wildman–Crippen MR) is 119 cm³/mol. The fourth-order valence-electron chi connectivity index (χ4n) is 3.37. The fraction of sp³-hybridized carbons (Fsp3) is 0.316. The van der Waals surface area contributed by atoms with E-state index in [0.29, 0.717) is 32.7 Å². The van der Waals surface area contributed by atoms with Crippen molar-refractivity contribution < 1.29 is 18.1 Å². The SMILES string of the molecule is COc1ccc(S(=O)(=O)N2CCN(Cc3csc(-c4cccs4)n3)CC2)cc1[N+](=O)[O-]. The van der Waals surface area contributed by atoms with Crippen molar-refractivity contribution in [3.05, 3.63) is 56.9 Å². The van der Waals surface area contributed by atoms with Gasteiger partial charge in [0.05, 0.1) is 27.5 Å². The standard InChI is InChI=1S/C19H20N4O5S3/c1-28-17-5-4-15(11-16(17)23(24)25)31(26,27)22-8-6-21(7-9-22)12-14-13-30-19(20-14)18-3-2-10-29-18/h2-5,10-11,13H,6-9,12H2,1H3. The lowest BCUT2D eigenvalue weighted by molar-refractivity contribution is -0.386. The molecule has 164 valence electrons. The second-order valence-electron chi connectivity index (χ2n) is 6.89. The van der Waals surface area contributed by atoms with Gasteiger partial charge in [0.15, 0.2) is 5.75 Å². The highest BCUT2D eigenvalue weighted by Crippen LogP contribution is 2.31. The number of methoxy groups -OCH3 is 1. The quantitative estimate of drug-likeness (QED) is 0.377. The van der Waals surface area contributed by atoms with Crippen molar-refractivity contribution in [2.75, 3.05) is 33.3 Å². The number of sulfonamides is 1. The fourth-order valence-corrected chi connectivity index (χ4v) is 6.44. The van der Waals surface area contributed by atoms with Gasteiger partial charge < -0.3 is 4.74 Å². The number of hydrogen-bond acceptors (Lipinski definition) is 9. The number of thiazole rings is 1. The van der Waals surface area contributed by atoms with Crippen LogP contribution in [0.2, 0.25) is 0 Å². The lowest BCUT2D eigenvalue weighted by Crippen LogP contribution is -2.48. The molecule has 12 heteroatoms. The van der Waals surface area contributed by atoms with E-state index in [4.69, 9.17) is 4.74 Å². The summed E-state index contributed by atoms with van der Waals surface area (Å²) in [7, 11) is -2.52. The van der Waals surface area contributed by atoms with E-state index < -0.39 is 14.9 Å². The van der Waals surface area contributed by atoms with E-state index in [0.717, 1.165) is 21.6 Å². The largest absolute Gasteiger partial charge is 0.490 e. The molecule has 1 saturated heterocycles. The van der Waals surface area contributed by atoms with E-state index in [1.165, 1.54) is 23.5 Å². The van der Waals surface area contributed by atoms with Crippen LogP contribution < -0.4 is 4.74 Å². The van der Waals surface area contributed by atoms with Crippen molar-refractivity contribution in [1.29, 1.82) is 0 Å². The summed E-state index contributed by atoms with van der Waals surface area (Å²) in [6, 6.07) is 7.75. The normalized spacial score (nSPS) is 15.8. The summed E-state index contributed by atoms with van der Waals surface area (Å²) in [5, 5.41) is 16.3. The number of thiophene rings is 1. The van der Waals surface area contributed by atoms with Crippen molar-refractivity contribution in [1.82, 2.24) is 14.2 Å². The number of benzene rings is 1. The van der Waals surface area contributed by atoms with Crippen LogP contribution in [-0.4, -0.2) is 60.8 Å². The van der Waals surface area contributed by atoms with Gasteiger partial charge in [-0.15, -0.1) is 22.7 Å². The molecule has 2 aromatic heterocycles. The molecule has 3 heterocycles. The van der Waals surface area contributed by atoms with Crippen LogP contribution in [-0.2, 0) is 16.6 Å². The molecular weight excluding hydrogens is 460 g/mol. The van der Waals surface area contributed by atoms with Gasteiger partial charge in [0.2, 0.25) is 10.0 Å². The molecule has 0 saturated carbocycles. The van der Waals surface area contributed by atoms with Gasteiger partial charge in [0.1, 0.15) is 5.01 Å². The number of ether oxygens (including phenoxy) is 1. The minimum absolute atomic E-state index is 0.0268. The molecule has 4 rings (SSSR count). The molecule has 1 aliphatic rings. The van der Waals surface area contributed by atoms with Gasteiger partial charge in [-0.1, -0.05) is 6.07 Å². The Bertz CT molecular complexity index is 1170. The highest BCUT2D eigenvalue weighted by molar-refractivity contribution is 7.89. The molecule has 1 fully saturated rings. The Morgan fingerprint density at radius 1 is 1.19 bits per heavy atom. The first-order valence-electron chi connectivity index (χ1n) is 9.41. The van der Waals surface area contributed by atoms with Gasteiger partial charge in [-0.2, -0.15) is 4.31 Å². The first-order chi connectivity index (χ1) is 14.9. The smallest absolute Gasteiger partial charge is 0.312 e. The molecule has 0 atom stereocenters. The highest BCUT2D eigenvalue weighted by Gasteiger charge is 2.30. The van der Waals surface area contributed by atoms with E-state index in [9.17, 15) is 18.5 Å². The van der Waals surface area contributed by atoms with Gasteiger partial charge >= 0.3 is 5.69 Å². The molecule has 0 unspecified atom stereocenters. The van der Waals surface area contributed by atoms with Crippen LogP contribution in [0.4, 0.5) is 5.69 Å². The van der Waals surface area contributed by atoms with Gasteiger partial charge in [-0.05, 0) is 23.6 Å². The van der Waals surface area contributed by atoms with E-state index in [1.807, 2.05) is 22.9 Å². The maximum absolute atomic E-state index is 13.0. The zero-order valence-corrected chi connectivity index (χ0v) is 19.1. The molecule has 0 amide bonds. The van der Waals surface area contributed by atoms with E-state index in [1.54, 1.807) is 22.7 Å². The lowest BCUT2D eigenvalue weighted by atomic mass is 10.3. The average Bonchev–Trinajstić information content (AvgIpc) is 3.45. The zero-order chi connectivity index (χ0) is 22.0. The van der Waals surface area contributed by atoms with E-state index >= 15 is 0 Å². The van der Waals surface area contributed by atoms with Crippen molar-refractivity contribution in [2.24, 2.45) is 0 Å². The molecular formula is C19H20N4O5S3. The minimum Gasteiger partial charge on any atom is -0.490 e. The zero-order valence-electron chi connectivity index (χ0n) is 16.6. The van der Waals surface area contributed by atoms with Crippen molar-refractivity contribution in [3.63, 3.8) is 0 Å². The molecule has 1 aromatic carbocycles. The van der Waals surface area contributed by atoms with E-state index in [-0.39, 0.29) is 16.3 Å². The summed E-state index contributed by atoms with van der Waals surface area (Å²) in [5.41, 5.74) is 0.600. The summed E-state index contributed by atoms with van der Waals surface area (Å²) in [5.74, 6) is 0.0268. The number of piperazine rings is 1. The van der Waals surface area contributed by atoms with Crippen molar-refractivity contribution >= 4 is 38.4 Å². The molecule has 3 aromatic rings. The number of hydrogen-bond donors (Lipinski definition) is 0. The molecule has 0 radical (unpaired) electrons. The minimum atomic E-state index is -3.83. The maximum Gasteiger partial charge on any atom is 0.312 e. The van der Waals surface area contributed by atoms with Crippen molar-refractivity contribution in [2.45, 2.75) is 11.4 Å². The summed E-state index contributed by atoms with van der Waals surface area (Å²) in [4.78, 5) is 18.5. The number of aromatic nitrogens is 1. The first-order valence-corrected chi connectivity index (χ1v) is 12.6. The highest BCUT2D eigenvalue weighted by atomic mass is 32.2. The van der Waals surface area contributed by atoms with Crippen LogP contribution in [0.15, 0.2) is 46.0 Å². The third kappa shape index (κ3) is 4.62. The van der Waals surface area contributed by atoms with Crippen LogP contribution in [0, 0.1) is 10.1 Å². The van der Waals surface area contributed by atoms with Crippen molar-refractivity contribution in [3.8, 4) is 15.6 Å². The van der Waals surface area contributed by atoms with Crippen LogP contribution >= 0.6 is 22.7 Å². The predicted octanol–water partition coefficient (Wildman–Crippen LogP) is 3.29. The van der Waals surface area contributed by atoms with Gasteiger partial charge in [-0.25, -0.2) is 13.4 Å². The Kier molecular flexibility index (Phi) is 6.34. The molecule has 9 nitrogen and oxygen atoms in total. The average molecular weight is 481 g/mol. The molecule has 0 bridgehead atoms. The van der Waals surface area contributed by atoms with E-state index in [2.05, 4.69) is 9.88 Å². The summed E-state index contributed by atoms with van der Waals surface area (Å²) in [6.45, 7) is 2.39. The van der Waals surface area contributed by atoms with Gasteiger partial charge in [0, 0.05) is 44.2 Å². The topological polar surface area (TPSA) is 106 Å². The van der Waals surface area contributed by atoms with Gasteiger partial charge in [-0.3, -0.25) is 15.0 Å². The Morgan fingerprint density at radius 3 is 2.61 bits per heavy atom. The molecule has 0 spiro atoms. The number of nitrogens with zero attached hydrogens (tertiary/aromatic N) is 4.